The predicted molar refractivity (Wildman–Crippen MR) is 82.0 cm³/mol. The van der Waals surface area contributed by atoms with Crippen molar-refractivity contribution in [3.63, 3.8) is 0 Å². The molecule has 0 radical (unpaired) electrons. The van der Waals surface area contributed by atoms with E-state index < -0.39 is 18.2 Å². The van der Waals surface area contributed by atoms with E-state index in [4.69, 9.17) is 0 Å². The molecule has 3 atom stereocenters. The van der Waals surface area contributed by atoms with E-state index in [0.717, 1.165) is 18.9 Å². The Balaban J connectivity index is 1.77. The Morgan fingerprint density at radius 2 is 1.95 bits per heavy atom. The summed E-state index contributed by atoms with van der Waals surface area (Å²) in [5.41, 5.74) is 0. The molecule has 122 valence electrons. The zero-order valence-electron chi connectivity index (χ0n) is 13.3. The SMILES string of the molecule is CC1CCC(NCC(C)C(O)N2CCC[C@H]2C(=O)O)CC1. The molecule has 2 rings (SSSR count). The van der Waals surface area contributed by atoms with E-state index in [9.17, 15) is 15.0 Å². The van der Waals surface area contributed by atoms with Gasteiger partial charge in [0.2, 0.25) is 0 Å². The number of aliphatic hydroxyl groups is 1. The first-order valence-electron chi connectivity index (χ1n) is 8.39. The maximum Gasteiger partial charge on any atom is 0.320 e. The molecule has 1 saturated heterocycles. The zero-order chi connectivity index (χ0) is 15.4. The quantitative estimate of drug-likeness (QED) is 0.695. The largest absolute Gasteiger partial charge is 0.480 e. The molecule has 5 nitrogen and oxygen atoms in total. The molecule has 0 amide bonds. The van der Waals surface area contributed by atoms with Gasteiger partial charge in [-0.3, -0.25) is 9.69 Å². The van der Waals surface area contributed by atoms with Crippen LogP contribution in [0.15, 0.2) is 0 Å². The van der Waals surface area contributed by atoms with Crippen molar-refractivity contribution in [3.8, 4) is 0 Å². The van der Waals surface area contributed by atoms with Crippen molar-refractivity contribution >= 4 is 5.97 Å². The number of carboxylic acid groups (broad SMARTS) is 1. The van der Waals surface area contributed by atoms with Crippen LogP contribution < -0.4 is 5.32 Å². The molecule has 1 saturated carbocycles. The second kappa shape index (κ2) is 7.56. The van der Waals surface area contributed by atoms with Gasteiger partial charge in [0.05, 0.1) is 0 Å². The van der Waals surface area contributed by atoms with Crippen molar-refractivity contribution in [2.75, 3.05) is 13.1 Å². The number of rotatable bonds is 6. The van der Waals surface area contributed by atoms with E-state index in [-0.39, 0.29) is 5.92 Å². The summed E-state index contributed by atoms with van der Waals surface area (Å²) in [6, 6.07) is 0.0441. The molecule has 2 unspecified atom stereocenters. The Hall–Kier alpha value is -0.650. The average Bonchev–Trinajstić information content (AvgIpc) is 2.95. The zero-order valence-corrected chi connectivity index (χ0v) is 13.3. The third-order valence-electron chi connectivity index (χ3n) is 5.17. The number of hydrogen-bond donors (Lipinski definition) is 3. The summed E-state index contributed by atoms with van der Waals surface area (Å²) in [4.78, 5) is 13.0. The molecular formula is C16H30N2O3. The summed E-state index contributed by atoms with van der Waals surface area (Å²) < 4.78 is 0. The van der Waals surface area contributed by atoms with Crippen LogP contribution in [0.1, 0.15) is 52.4 Å². The summed E-state index contributed by atoms with van der Waals surface area (Å²) in [6.07, 6.45) is 5.83. The maximum atomic E-state index is 11.2. The second-order valence-corrected chi connectivity index (χ2v) is 6.99. The van der Waals surface area contributed by atoms with E-state index >= 15 is 0 Å². The van der Waals surface area contributed by atoms with Crippen LogP contribution in [0.25, 0.3) is 0 Å². The Kier molecular flexibility index (Phi) is 6.02. The third-order valence-corrected chi connectivity index (χ3v) is 5.17. The van der Waals surface area contributed by atoms with E-state index in [1.165, 1.54) is 25.7 Å². The van der Waals surface area contributed by atoms with Crippen LogP contribution in [0, 0.1) is 11.8 Å². The Bertz CT molecular complexity index is 342. The minimum absolute atomic E-state index is 0.0456. The Labute approximate surface area is 127 Å². The van der Waals surface area contributed by atoms with Gasteiger partial charge in [-0.2, -0.15) is 0 Å². The Morgan fingerprint density at radius 3 is 2.57 bits per heavy atom. The van der Waals surface area contributed by atoms with Gasteiger partial charge < -0.3 is 15.5 Å². The summed E-state index contributed by atoms with van der Waals surface area (Å²) in [5.74, 6) is 0.0734. The highest BCUT2D eigenvalue weighted by Crippen LogP contribution is 2.25. The number of nitrogens with one attached hydrogen (secondary N) is 1. The summed E-state index contributed by atoms with van der Waals surface area (Å²) in [5, 5.41) is 23.2. The number of carboxylic acids is 1. The number of nitrogens with zero attached hydrogens (tertiary/aromatic N) is 1. The molecular weight excluding hydrogens is 268 g/mol. The number of likely N-dealkylation sites (tertiary alicyclic amines) is 1. The lowest BCUT2D eigenvalue weighted by molar-refractivity contribution is -0.147. The van der Waals surface area contributed by atoms with Crippen LogP contribution in [-0.4, -0.2) is 52.5 Å². The predicted octanol–water partition coefficient (Wildman–Crippen LogP) is 1.66. The standard InChI is InChI=1S/C16H30N2O3/c1-11-5-7-13(8-6-11)17-10-12(2)15(19)18-9-3-4-14(18)16(20)21/h11-15,17,19H,3-10H2,1-2H3,(H,20,21)/t11?,12?,13?,14-,15?/m0/s1. The monoisotopic (exact) mass is 298 g/mol. The van der Waals surface area contributed by atoms with Gasteiger partial charge in [0.1, 0.15) is 12.3 Å². The molecule has 0 spiro atoms. The molecule has 0 bridgehead atoms. The highest BCUT2D eigenvalue weighted by Gasteiger charge is 2.36. The molecule has 3 N–H and O–H groups in total. The fourth-order valence-electron chi connectivity index (χ4n) is 3.62. The molecule has 0 aromatic carbocycles. The number of hydrogen-bond acceptors (Lipinski definition) is 4. The summed E-state index contributed by atoms with van der Waals surface area (Å²) in [6.45, 7) is 5.74. The van der Waals surface area contributed by atoms with Crippen LogP contribution in [0.3, 0.4) is 0 Å². The fraction of sp³-hybridized carbons (Fsp3) is 0.938. The minimum Gasteiger partial charge on any atom is -0.480 e. The number of aliphatic hydroxyl groups excluding tert-OH is 1. The third kappa shape index (κ3) is 4.41. The normalized spacial score (nSPS) is 33.8. The molecule has 0 aromatic heterocycles. The molecule has 5 heteroatoms. The lowest BCUT2D eigenvalue weighted by Gasteiger charge is -2.33. The lowest BCUT2D eigenvalue weighted by atomic mass is 9.87. The van der Waals surface area contributed by atoms with E-state index in [2.05, 4.69) is 12.2 Å². The summed E-state index contributed by atoms with van der Waals surface area (Å²) >= 11 is 0. The average molecular weight is 298 g/mol. The van der Waals surface area contributed by atoms with Crippen LogP contribution in [-0.2, 0) is 4.79 Å². The molecule has 21 heavy (non-hydrogen) atoms. The van der Waals surface area contributed by atoms with Crippen molar-refractivity contribution in [2.24, 2.45) is 11.8 Å². The van der Waals surface area contributed by atoms with Gasteiger partial charge in [0.15, 0.2) is 0 Å². The van der Waals surface area contributed by atoms with Gasteiger partial charge >= 0.3 is 5.97 Å². The highest BCUT2D eigenvalue weighted by atomic mass is 16.4. The highest BCUT2D eigenvalue weighted by molar-refractivity contribution is 5.73. The topological polar surface area (TPSA) is 72.8 Å². The van der Waals surface area contributed by atoms with Gasteiger partial charge in [-0.25, -0.2) is 0 Å². The van der Waals surface area contributed by atoms with Gasteiger partial charge in [-0.15, -0.1) is 0 Å². The number of aliphatic carboxylic acids is 1. The van der Waals surface area contributed by atoms with Crippen LogP contribution in [0.2, 0.25) is 0 Å². The molecule has 1 heterocycles. The van der Waals surface area contributed by atoms with Gasteiger partial charge in [0, 0.05) is 25.0 Å². The first kappa shape index (κ1) is 16.7. The van der Waals surface area contributed by atoms with E-state index in [1.807, 2.05) is 6.92 Å². The fourth-order valence-corrected chi connectivity index (χ4v) is 3.62. The lowest BCUT2D eigenvalue weighted by Crippen LogP contribution is -2.49. The van der Waals surface area contributed by atoms with Gasteiger partial charge in [-0.1, -0.05) is 13.8 Å². The van der Waals surface area contributed by atoms with Gasteiger partial charge in [0.25, 0.3) is 0 Å². The van der Waals surface area contributed by atoms with Gasteiger partial charge in [-0.05, 0) is 44.4 Å². The molecule has 2 aliphatic rings. The Morgan fingerprint density at radius 1 is 1.29 bits per heavy atom. The second-order valence-electron chi connectivity index (χ2n) is 6.99. The minimum atomic E-state index is -0.812. The smallest absolute Gasteiger partial charge is 0.320 e. The molecule has 1 aliphatic heterocycles. The maximum absolute atomic E-state index is 11.2. The van der Waals surface area contributed by atoms with Crippen molar-refractivity contribution in [2.45, 2.75) is 70.7 Å². The molecule has 1 aliphatic carbocycles. The van der Waals surface area contributed by atoms with Crippen molar-refractivity contribution in [3.05, 3.63) is 0 Å². The molecule has 2 fully saturated rings. The van der Waals surface area contributed by atoms with E-state index in [0.29, 0.717) is 19.0 Å². The molecule has 0 aromatic rings. The van der Waals surface area contributed by atoms with Crippen molar-refractivity contribution in [1.82, 2.24) is 10.2 Å². The van der Waals surface area contributed by atoms with Crippen LogP contribution in [0.5, 0.6) is 0 Å². The first-order chi connectivity index (χ1) is 9.99. The van der Waals surface area contributed by atoms with Crippen molar-refractivity contribution in [1.29, 1.82) is 0 Å². The van der Waals surface area contributed by atoms with Crippen LogP contribution >= 0.6 is 0 Å². The summed E-state index contributed by atoms with van der Waals surface area (Å²) in [7, 11) is 0. The number of carbonyl (C=O) groups is 1. The van der Waals surface area contributed by atoms with E-state index in [1.54, 1.807) is 4.90 Å². The van der Waals surface area contributed by atoms with Crippen LogP contribution in [0.4, 0.5) is 0 Å². The first-order valence-corrected chi connectivity index (χ1v) is 8.39. The van der Waals surface area contributed by atoms with Crippen molar-refractivity contribution < 1.29 is 15.0 Å².